The molecule has 1 aliphatic rings. The Hall–Kier alpha value is -2.84. The third-order valence-electron chi connectivity index (χ3n) is 4.13. The molecule has 2 aromatic rings. The number of rotatable bonds is 7. The molecule has 0 unspecified atom stereocenters. The van der Waals surface area contributed by atoms with E-state index in [2.05, 4.69) is 5.10 Å². The van der Waals surface area contributed by atoms with Crippen LogP contribution in [0.3, 0.4) is 0 Å². The lowest BCUT2D eigenvalue weighted by molar-refractivity contribution is -0.114. The Morgan fingerprint density at radius 1 is 1.38 bits per heavy atom. The molecule has 0 spiro atoms. The predicted molar refractivity (Wildman–Crippen MR) is 95.8 cm³/mol. The van der Waals surface area contributed by atoms with Gasteiger partial charge in [0.15, 0.2) is 24.5 Å². The van der Waals surface area contributed by atoms with Crippen LogP contribution >= 0.6 is 0 Å². The quantitative estimate of drug-likeness (QED) is 0.754. The molecule has 8 nitrogen and oxygen atoms in total. The lowest BCUT2D eigenvalue weighted by atomic mass is 10.1. The summed E-state index contributed by atoms with van der Waals surface area (Å²) in [5, 5.41) is 4.29. The van der Waals surface area contributed by atoms with Gasteiger partial charge in [0, 0.05) is 26.0 Å². The summed E-state index contributed by atoms with van der Waals surface area (Å²) in [4.78, 5) is 13.8. The van der Waals surface area contributed by atoms with Crippen LogP contribution in [0, 0.1) is 6.92 Å². The number of hydrogen-bond donors (Lipinski definition) is 1. The first-order valence-electron chi connectivity index (χ1n) is 8.13. The van der Waals surface area contributed by atoms with E-state index in [1.54, 1.807) is 36.2 Å². The Bertz CT molecular complexity index is 826. The second kappa shape index (κ2) is 7.59. The molecule has 138 valence electrons. The van der Waals surface area contributed by atoms with E-state index in [1.165, 1.54) is 0 Å². The van der Waals surface area contributed by atoms with E-state index < -0.39 is 12.2 Å². The fraction of sp³-hybridized carbons (Fsp3) is 0.333. The first-order chi connectivity index (χ1) is 12.5. The van der Waals surface area contributed by atoms with Crippen LogP contribution in [0.5, 0.6) is 0 Å². The largest absolute Gasteiger partial charge is 0.470 e. The lowest BCUT2D eigenvalue weighted by Gasteiger charge is -2.15. The molecule has 2 N–H and O–H groups in total. The van der Waals surface area contributed by atoms with Crippen molar-refractivity contribution in [1.29, 1.82) is 0 Å². The van der Waals surface area contributed by atoms with Crippen LogP contribution in [-0.2, 0) is 25.5 Å². The smallest absolute Gasteiger partial charge is 0.269 e. The number of amides is 1. The molecular formula is C18H22N4O4. The molecule has 0 bridgehead atoms. The van der Waals surface area contributed by atoms with Gasteiger partial charge in [-0.2, -0.15) is 5.10 Å². The molecule has 0 aliphatic carbocycles. The SMILES string of the molecule is COC(Cn1cc(N2COC(c3cccc(C)c3)=C2C(N)=O)cn1)OC. The van der Waals surface area contributed by atoms with Crippen molar-refractivity contribution in [3.63, 3.8) is 0 Å². The Kier molecular flexibility index (Phi) is 5.24. The summed E-state index contributed by atoms with van der Waals surface area (Å²) in [5.74, 6) is -0.0842. The summed E-state index contributed by atoms with van der Waals surface area (Å²) < 4.78 is 17.8. The number of carbonyl (C=O) groups excluding carboxylic acids is 1. The average molecular weight is 358 g/mol. The molecule has 0 atom stereocenters. The van der Waals surface area contributed by atoms with Crippen LogP contribution in [-0.4, -0.2) is 42.9 Å². The van der Waals surface area contributed by atoms with Gasteiger partial charge in [-0.1, -0.05) is 23.8 Å². The molecule has 2 heterocycles. The molecular weight excluding hydrogens is 336 g/mol. The summed E-state index contributed by atoms with van der Waals surface area (Å²) >= 11 is 0. The molecule has 1 aliphatic heterocycles. The van der Waals surface area contributed by atoms with Crippen molar-refractivity contribution in [2.24, 2.45) is 5.73 Å². The fourth-order valence-electron chi connectivity index (χ4n) is 2.83. The van der Waals surface area contributed by atoms with Gasteiger partial charge in [-0.3, -0.25) is 14.4 Å². The summed E-state index contributed by atoms with van der Waals surface area (Å²) in [6, 6.07) is 7.73. The maximum Gasteiger partial charge on any atom is 0.269 e. The first-order valence-corrected chi connectivity index (χ1v) is 8.13. The highest BCUT2D eigenvalue weighted by atomic mass is 16.7. The van der Waals surface area contributed by atoms with Gasteiger partial charge in [0.1, 0.15) is 0 Å². The number of benzene rings is 1. The van der Waals surface area contributed by atoms with E-state index in [-0.39, 0.29) is 6.73 Å². The third-order valence-corrected chi connectivity index (χ3v) is 4.13. The molecule has 1 amide bonds. The summed E-state index contributed by atoms with van der Waals surface area (Å²) in [7, 11) is 3.13. The Morgan fingerprint density at radius 2 is 2.15 bits per heavy atom. The zero-order valence-electron chi connectivity index (χ0n) is 15.0. The lowest BCUT2D eigenvalue weighted by Crippen LogP contribution is -2.28. The number of aryl methyl sites for hydroxylation is 1. The molecule has 26 heavy (non-hydrogen) atoms. The van der Waals surface area contributed by atoms with E-state index in [4.69, 9.17) is 19.9 Å². The number of ether oxygens (including phenoxy) is 3. The van der Waals surface area contributed by atoms with Gasteiger partial charge < -0.3 is 19.9 Å². The number of nitrogens with two attached hydrogens (primary N) is 1. The topological polar surface area (TPSA) is 91.8 Å². The molecule has 3 rings (SSSR count). The number of methoxy groups -OCH3 is 2. The standard InChI is InChI=1S/C18H22N4O4/c1-12-5-4-6-13(7-12)17-16(18(19)23)22(11-26-17)14-8-20-21(9-14)10-15(24-2)25-3/h4-9,15H,10-11H2,1-3H3,(H2,19,23). The van der Waals surface area contributed by atoms with E-state index in [1.807, 2.05) is 31.2 Å². The highest BCUT2D eigenvalue weighted by molar-refractivity contribution is 6.03. The number of anilines is 1. The van der Waals surface area contributed by atoms with E-state index >= 15 is 0 Å². The van der Waals surface area contributed by atoms with Gasteiger partial charge in [-0.05, 0) is 13.0 Å². The molecule has 0 saturated heterocycles. The number of nitrogens with zero attached hydrogens (tertiary/aromatic N) is 3. The van der Waals surface area contributed by atoms with Crippen molar-refractivity contribution in [1.82, 2.24) is 9.78 Å². The average Bonchev–Trinajstić information content (AvgIpc) is 3.26. The van der Waals surface area contributed by atoms with Crippen LogP contribution in [0.4, 0.5) is 5.69 Å². The maximum absolute atomic E-state index is 12.1. The molecule has 0 fully saturated rings. The number of primary amides is 1. The minimum Gasteiger partial charge on any atom is -0.470 e. The van der Waals surface area contributed by atoms with Crippen LogP contribution in [0.15, 0.2) is 42.4 Å². The third kappa shape index (κ3) is 3.56. The van der Waals surface area contributed by atoms with Crippen LogP contribution in [0.1, 0.15) is 11.1 Å². The van der Waals surface area contributed by atoms with Crippen LogP contribution in [0.25, 0.3) is 5.76 Å². The molecule has 1 aromatic carbocycles. The highest BCUT2D eigenvalue weighted by Crippen LogP contribution is 2.32. The van der Waals surface area contributed by atoms with Crippen molar-refractivity contribution in [2.75, 3.05) is 25.9 Å². The molecule has 8 heteroatoms. The minimum atomic E-state index is -0.557. The van der Waals surface area contributed by atoms with E-state index in [9.17, 15) is 4.79 Å². The van der Waals surface area contributed by atoms with Crippen molar-refractivity contribution < 1.29 is 19.0 Å². The van der Waals surface area contributed by atoms with Crippen molar-refractivity contribution in [3.05, 3.63) is 53.5 Å². The summed E-state index contributed by atoms with van der Waals surface area (Å²) in [6.45, 7) is 2.58. The van der Waals surface area contributed by atoms with Crippen LogP contribution in [0.2, 0.25) is 0 Å². The van der Waals surface area contributed by atoms with Gasteiger partial charge in [-0.25, -0.2) is 0 Å². The monoisotopic (exact) mass is 358 g/mol. The highest BCUT2D eigenvalue weighted by Gasteiger charge is 2.31. The first kappa shape index (κ1) is 18.0. The second-order valence-electron chi connectivity index (χ2n) is 5.93. The number of carbonyl (C=O) groups is 1. The summed E-state index contributed by atoms with van der Waals surface area (Å²) in [6.07, 6.45) is 3.02. The Labute approximate surface area is 151 Å². The van der Waals surface area contributed by atoms with Crippen molar-refractivity contribution in [2.45, 2.75) is 19.8 Å². The Balaban J connectivity index is 1.91. The minimum absolute atomic E-state index is 0.186. The van der Waals surface area contributed by atoms with Gasteiger partial charge in [-0.15, -0.1) is 0 Å². The Morgan fingerprint density at radius 3 is 2.81 bits per heavy atom. The second-order valence-corrected chi connectivity index (χ2v) is 5.93. The number of hydrogen-bond acceptors (Lipinski definition) is 6. The van der Waals surface area contributed by atoms with E-state index in [0.717, 1.165) is 11.1 Å². The van der Waals surface area contributed by atoms with E-state index in [0.29, 0.717) is 23.7 Å². The van der Waals surface area contributed by atoms with Crippen molar-refractivity contribution in [3.8, 4) is 0 Å². The number of aromatic nitrogens is 2. The normalized spacial score (nSPS) is 14.2. The fourth-order valence-corrected chi connectivity index (χ4v) is 2.83. The van der Waals surface area contributed by atoms with Gasteiger partial charge >= 0.3 is 0 Å². The molecule has 0 radical (unpaired) electrons. The van der Waals surface area contributed by atoms with Gasteiger partial charge in [0.25, 0.3) is 5.91 Å². The van der Waals surface area contributed by atoms with Crippen LogP contribution < -0.4 is 10.6 Å². The maximum atomic E-state index is 12.1. The van der Waals surface area contributed by atoms with Gasteiger partial charge in [0.2, 0.25) is 0 Å². The van der Waals surface area contributed by atoms with Gasteiger partial charge in [0.05, 0.1) is 18.4 Å². The zero-order valence-corrected chi connectivity index (χ0v) is 15.0. The molecule has 1 aromatic heterocycles. The summed E-state index contributed by atoms with van der Waals surface area (Å²) in [5.41, 5.74) is 8.53. The predicted octanol–water partition coefficient (Wildman–Crippen LogP) is 1.46. The molecule has 0 saturated carbocycles. The zero-order chi connectivity index (χ0) is 18.7. The van der Waals surface area contributed by atoms with Crippen molar-refractivity contribution >= 4 is 17.4 Å².